The van der Waals surface area contributed by atoms with E-state index in [1.54, 1.807) is 0 Å². The number of rotatable bonds is 2. The SMILES string of the molecule is CCC(C)c1cn2cc(N)ccc2n1. The quantitative estimate of drug-likeness (QED) is 0.788. The molecule has 0 aromatic carbocycles. The second-order valence-electron chi connectivity index (χ2n) is 3.70. The minimum absolute atomic E-state index is 0.510. The van der Waals surface area contributed by atoms with Gasteiger partial charge in [-0.15, -0.1) is 0 Å². The molecule has 0 saturated heterocycles. The smallest absolute Gasteiger partial charge is 0.137 e. The number of hydrogen-bond donors (Lipinski definition) is 1. The summed E-state index contributed by atoms with van der Waals surface area (Å²) in [5, 5.41) is 0. The zero-order valence-electron chi connectivity index (χ0n) is 8.57. The van der Waals surface area contributed by atoms with Crippen molar-refractivity contribution >= 4 is 11.3 Å². The van der Waals surface area contributed by atoms with Crippen LogP contribution in [0.25, 0.3) is 5.65 Å². The van der Waals surface area contributed by atoms with Gasteiger partial charge in [-0.3, -0.25) is 0 Å². The predicted octanol–water partition coefficient (Wildman–Crippen LogP) is 2.43. The Morgan fingerprint density at radius 2 is 2.21 bits per heavy atom. The summed E-state index contributed by atoms with van der Waals surface area (Å²) in [5.74, 6) is 0.510. The van der Waals surface area contributed by atoms with Crippen LogP contribution in [0.2, 0.25) is 0 Å². The van der Waals surface area contributed by atoms with Crippen molar-refractivity contribution in [3.05, 3.63) is 30.2 Å². The molecule has 0 fully saturated rings. The van der Waals surface area contributed by atoms with Crippen molar-refractivity contribution < 1.29 is 0 Å². The highest BCUT2D eigenvalue weighted by Gasteiger charge is 2.07. The van der Waals surface area contributed by atoms with Crippen molar-refractivity contribution in [2.24, 2.45) is 0 Å². The molecule has 1 unspecified atom stereocenters. The summed E-state index contributed by atoms with van der Waals surface area (Å²) in [6, 6.07) is 3.82. The summed E-state index contributed by atoms with van der Waals surface area (Å²) < 4.78 is 1.98. The minimum atomic E-state index is 0.510. The Hall–Kier alpha value is -1.51. The topological polar surface area (TPSA) is 43.3 Å². The van der Waals surface area contributed by atoms with Crippen molar-refractivity contribution in [3.63, 3.8) is 0 Å². The summed E-state index contributed by atoms with van der Waals surface area (Å²) >= 11 is 0. The van der Waals surface area contributed by atoms with Gasteiger partial charge in [-0.25, -0.2) is 4.98 Å². The van der Waals surface area contributed by atoms with E-state index in [9.17, 15) is 0 Å². The second kappa shape index (κ2) is 3.33. The Balaban J connectivity index is 2.51. The minimum Gasteiger partial charge on any atom is -0.398 e. The molecule has 0 saturated carbocycles. The van der Waals surface area contributed by atoms with E-state index in [4.69, 9.17) is 5.73 Å². The molecule has 0 aliphatic carbocycles. The third-order valence-corrected chi connectivity index (χ3v) is 2.61. The molecule has 2 heterocycles. The predicted molar refractivity (Wildman–Crippen MR) is 58.3 cm³/mol. The number of hydrogen-bond acceptors (Lipinski definition) is 2. The van der Waals surface area contributed by atoms with E-state index >= 15 is 0 Å². The number of nitrogen functional groups attached to an aromatic ring is 1. The van der Waals surface area contributed by atoms with E-state index in [-0.39, 0.29) is 0 Å². The molecule has 0 bridgehead atoms. The Bertz CT molecular complexity index is 445. The Kier molecular flexibility index (Phi) is 2.15. The number of nitrogens with zero attached hydrogens (tertiary/aromatic N) is 2. The molecule has 3 nitrogen and oxygen atoms in total. The van der Waals surface area contributed by atoms with Crippen LogP contribution in [-0.4, -0.2) is 9.38 Å². The Morgan fingerprint density at radius 1 is 1.43 bits per heavy atom. The van der Waals surface area contributed by atoms with E-state index in [2.05, 4.69) is 25.0 Å². The van der Waals surface area contributed by atoms with E-state index in [0.717, 1.165) is 23.4 Å². The average Bonchev–Trinajstić information content (AvgIpc) is 2.59. The van der Waals surface area contributed by atoms with Crippen LogP contribution in [0.4, 0.5) is 5.69 Å². The summed E-state index contributed by atoms with van der Waals surface area (Å²) in [7, 11) is 0. The zero-order valence-corrected chi connectivity index (χ0v) is 8.57. The van der Waals surface area contributed by atoms with Crippen molar-refractivity contribution in [2.75, 3.05) is 5.73 Å². The first-order valence-electron chi connectivity index (χ1n) is 4.95. The lowest BCUT2D eigenvalue weighted by molar-refractivity contribution is 0.714. The van der Waals surface area contributed by atoms with Gasteiger partial charge in [0, 0.05) is 18.1 Å². The molecule has 3 heteroatoms. The molecule has 2 aromatic heterocycles. The van der Waals surface area contributed by atoms with Crippen molar-refractivity contribution in [3.8, 4) is 0 Å². The van der Waals surface area contributed by atoms with E-state index in [1.165, 1.54) is 0 Å². The number of aromatic nitrogens is 2. The van der Waals surface area contributed by atoms with Crippen molar-refractivity contribution in [1.29, 1.82) is 0 Å². The molecule has 1 atom stereocenters. The molecule has 0 spiro atoms. The lowest BCUT2D eigenvalue weighted by Gasteiger charge is -2.01. The largest absolute Gasteiger partial charge is 0.398 e. The van der Waals surface area contributed by atoms with Crippen LogP contribution in [0.3, 0.4) is 0 Å². The highest BCUT2D eigenvalue weighted by atomic mass is 15.0. The molecule has 0 aliphatic heterocycles. The first-order valence-corrected chi connectivity index (χ1v) is 4.95. The molecular weight excluding hydrogens is 174 g/mol. The van der Waals surface area contributed by atoms with Gasteiger partial charge in [-0.1, -0.05) is 13.8 Å². The van der Waals surface area contributed by atoms with Crippen LogP contribution < -0.4 is 5.73 Å². The second-order valence-corrected chi connectivity index (χ2v) is 3.70. The molecule has 0 amide bonds. The van der Waals surface area contributed by atoms with Crippen LogP contribution >= 0.6 is 0 Å². The maximum atomic E-state index is 5.69. The third-order valence-electron chi connectivity index (χ3n) is 2.61. The maximum absolute atomic E-state index is 5.69. The van der Waals surface area contributed by atoms with Gasteiger partial charge in [-0.2, -0.15) is 0 Å². The highest BCUT2D eigenvalue weighted by Crippen LogP contribution is 2.18. The summed E-state index contributed by atoms with van der Waals surface area (Å²) in [6.07, 6.45) is 5.06. The van der Waals surface area contributed by atoms with Gasteiger partial charge in [0.25, 0.3) is 0 Å². The number of imidazole rings is 1. The lowest BCUT2D eigenvalue weighted by atomic mass is 10.1. The molecule has 74 valence electrons. The number of anilines is 1. The molecule has 0 radical (unpaired) electrons. The maximum Gasteiger partial charge on any atom is 0.137 e. The van der Waals surface area contributed by atoms with Gasteiger partial charge in [0.1, 0.15) is 5.65 Å². The standard InChI is InChI=1S/C11H15N3/c1-3-8(2)10-7-14-6-9(12)4-5-11(14)13-10/h4-8H,3,12H2,1-2H3. The third kappa shape index (κ3) is 1.45. The summed E-state index contributed by atoms with van der Waals surface area (Å²) in [5.41, 5.74) is 8.57. The summed E-state index contributed by atoms with van der Waals surface area (Å²) in [4.78, 5) is 4.53. The molecule has 2 N–H and O–H groups in total. The summed E-state index contributed by atoms with van der Waals surface area (Å²) in [6.45, 7) is 4.36. The molecule has 14 heavy (non-hydrogen) atoms. The van der Waals surface area contributed by atoms with E-state index in [0.29, 0.717) is 5.92 Å². The van der Waals surface area contributed by atoms with Crippen molar-refractivity contribution in [1.82, 2.24) is 9.38 Å². The van der Waals surface area contributed by atoms with Gasteiger partial charge in [0.05, 0.1) is 5.69 Å². The molecule has 2 rings (SSSR count). The van der Waals surface area contributed by atoms with Crippen LogP contribution in [0.15, 0.2) is 24.5 Å². The van der Waals surface area contributed by atoms with E-state index < -0.39 is 0 Å². The van der Waals surface area contributed by atoms with Crippen molar-refractivity contribution in [2.45, 2.75) is 26.2 Å². The number of pyridine rings is 1. The number of nitrogens with two attached hydrogens (primary N) is 1. The van der Waals surface area contributed by atoms with Crippen LogP contribution in [0.1, 0.15) is 31.9 Å². The first kappa shape index (κ1) is 9.06. The van der Waals surface area contributed by atoms with Crippen LogP contribution in [-0.2, 0) is 0 Å². The average molecular weight is 189 g/mol. The Labute approximate surface area is 83.6 Å². The highest BCUT2D eigenvalue weighted by molar-refractivity contribution is 5.48. The molecule has 2 aromatic rings. The zero-order chi connectivity index (χ0) is 10.1. The van der Waals surface area contributed by atoms with Gasteiger partial charge in [0.15, 0.2) is 0 Å². The van der Waals surface area contributed by atoms with Gasteiger partial charge < -0.3 is 10.1 Å². The normalized spacial score (nSPS) is 13.3. The van der Waals surface area contributed by atoms with Crippen LogP contribution in [0, 0.1) is 0 Å². The molecular formula is C11H15N3. The lowest BCUT2D eigenvalue weighted by Crippen LogP contribution is -1.90. The van der Waals surface area contributed by atoms with Gasteiger partial charge >= 0.3 is 0 Å². The Morgan fingerprint density at radius 3 is 2.93 bits per heavy atom. The number of fused-ring (bicyclic) bond motifs is 1. The van der Waals surface area contributed by atoms with Crippen LogP contribution in [0.5, 0.6) is 0 Å². The first-order chi connectivity index (χ1) is 6.70. The fourth-order valence-corrected chi connectivity index (χ4v) is 1.48. The molecule has 0 aliphatic rings. The van der Waals surface area contributed by atoms with Gasteiger partial charge in [-0.05, 0) is 24.5 Å². The van der Waals surface area contributed by atoms with Gasteiger partial charge in [0.2, 0.25) is 0 Å². The monoisotopic (exact) mass is 189 g/mol. The van der Waals surface area contributed by atoms with E-state index in [1.807, 2.05) is 22.7 Å². The fourth-order valence-electron chi connectivity index (χ4n) is 1.48. The fraction of sp³-hybridized carbons (Fsp3) is 0.364.